The number of likely N-dealkylation sites (N-methyl/N-ethyl adjacent to an activating group) is 1. The van der Waals surface area contributed by atoms with Crippen molar-refractivity contribution < 1.29 is 9.18 Å². The van der Waals surface area contributed by atoms with E-state index in [4.69, 9.17) is 5.73 Å². The minimum atomic E-state index is -0.338. The van der Waals surface area contributed by atoms with Gasteiger partial charge in [-0.2, -0.15) is 0 Å². The van der Waals surface area contributed by atoms with Crippen molar-refractivity contribution in [1.29, 1.82) is 0 Å². The molecule has 3 heterocycles. The van der Waals surface area contributed by atoms with Crippen LogP contribution in [0.2, 0.25) is 0 Å². The van der Waals surface area contributed by atoms with Crippen LogP contribution in [0.3, 0.4) is 0 Å². The smallest absolute Gasteiger partial charge is 0.251 e. The summed E-state index contributed by atoms with van der Waals surface area (Å²) < 4.78 is 15.3. The van der Waals surface area contributed by atoms with Crippen LogP contribution in [0.1, 0.15) is 29.8 Å². The molecule has 0 aliphatic carbocycles. The highest BCUT2D eigenvalue weighted by molar-refractivity contribution is 5.97. The number of fused-ring (bicyclic) bond motifs is 1. The van der Waals surface area contributed by atoms with Gasteiger partial charge in [0, 0.05) is 54.6 Å². The number of hydrogen-bond acceptors (Lipinski definition) is 6. The summed E-state index contributed by atoms with van der Waals surface area (Å²) in [5.74, 6) is 0.374. The lowest BCUT2D eigenvalue weighted by atomic mass is 9.96. The number of rotatable bonds is 4. The molecule has 2 aliphatic rings. The third-order valence-corrected chi connectivity index (χ3v) is 7.16. The number of hydrogen-bond donors (Lipinski definition) is 2. The highest BCUT2D eigenvalue weighted by Crippen LogP contribution is 2.31. The molecular formula is C27H31FN6O. The van der Waals surface area contributed by atoms with Gasteiger partial charge in [-0.05, 0) is 55.3 Å². The average Bonchev–Trinajstić information content (AvgIpc) is 2.84. The molecule has 0 spiro atoms. The van der Waals surface area contributed by atoms with E-state index in [9.17, 15) is 4.79 Å². The van der Waals surface area contributed by atoms with Gasteiger partial charge in [0.2, 0.25) is 0 Å². The fraction of sp³-hybridized carbons (Fsp3) is 0.370. The Morgan fingerprint density at radius 1 is 1.14 bits per heavy atom. The quantitative estimate of drug-likeness (QED) is 0.601. The van der Waals surface area contributed by atoms with Crippen molar-refractivity contribution in [2.24, 2.45) is 5.92 Å². The van der Waals surface area contributed by atoms with E-state index in [-0.39, 0.29) is 17.5 Å². The van der Waals surface area contributed by atoms with Gasteiger partial charge in [0.25, 0.3) is 5.91 Å². The van der Waals surface area contributed by atoms with Crippen LogP contribution in [-0.2, 0) is 6.42 Å². The second kappa shape index (κ2) is 9.26. The molecule has 3 aromatic rings. The minimum absolute atomic E-state index is 0.0761. The first-order valence-corrected chi connectivity index (χ1v) is 12.1. The fourth-order valence-electron chi connectivity index (χ4n) is 5.08. The van der Waals surface area contributed by atoms with Crippen molar-refractivity contribution in [3.05, 3.63) is 59.5 Å². The maximum absolute atomic E-state index is 15.3. The third-order valence-electron chi connectivity index (χ3n) is 7.16. The van der Waals surface area contributed by atoms with Gasteiger partial charge in [-0.3, -0.25) is 9.69 Å². The zero-order valence-corrected chi connectivity index (χ0v) is 20.4. The molecule has 1 fully saturated rings. The van der Waals surface area contributed by atoms with Crippen LogP contribution in [0.5, 0.6) is 0 Å². The van der Waals surface area contributed by atoms with Crippen LogP contribution in [0.25, 0.3) is 22.5 Å². The van der Waals surface area contributed by atoms with E-state index in [1.807, 2.05) is 18.2 Å². The maximum atomic E-state index is 15.3. The molecule has 0 bridgehead atoms. The van der Waals surface area contributed by atoms with Crippen molar-refractivity contribution in [2.45, 2.75) is 26.3 Å². The molecule has 5 rings (SSSR count). The largest absolute Gasteiger partial charge is 0.382 e. The van der Waals surface area contributed by atoms with Crippen molar-refractivity contribution in [3.8, 4) is 22.5 Å². The Morgan fingerprint density at radius 2 is 1.94 bits per heavy atom. The number of nitrogen functional groups attached to an aromatic ring is 1. The van der Waals surface area contributed by atoms with Gasteiger partial charge < -0.3 is 16.0 Å². The zero-order chi connectivity index (χ0) is 24.7. The Labute approximate surface area is 205 Å². The predicted octanol–water partition coefficient (Wildman–Crippen LogP) is 3.59. The summed E-state index contributed by atoms with van der Waals surface area (Å²) in [6.45, 7) is 7.72. The molecule has 1 saturated heterocycles. The number of benzene rings is 2. The SMILES string of the molecule is CC(C)[C@@H]1CN(c2ccc(-c3cnc(N)c(-c4ccc5c(c4)CCNC5=O)n3)c(F)c2)CCN1C. The van der Waals surface area contributed by atoms with Crippen molar-refractivity contribution in [2.75, 3.05) is 43.9 Å². The van der Waals surface area contributed by atoms with Crippen LogP contribution in [-0.4, -0.2) is 60.0 Å². The standard InChI is InChI=1S/C27H31FN6O/c1-16(2)24-15-34(11-10-33(24)3)19-5-7-21(22(28)13-19)23-14-31-26(29)25(32-23)18-4-6-20-17(12-18)8-9-30-27(20)35/h4-7,12-14,16,24H,8-11,15H2,1-3H3,(H2,29,31)(H,30,35)/t24-/m0/s1. The zero-order valence-electron chi connectivity index (χ0n) is 20.4. The summed E-state index contributed by atoms with van der Waals surface area (Å²) in [6, 6.07) is 11.3. The van der Waals surface area contributed by atoms with Crippen molar-refractivity contribution in [3.63, 3.8) is 0 Å². The molecule has 35 heavy (non-hydrogen) atoms. The summed E-state index contributed by atoms with van der Waals surface area (Å²) in [5.41, 5.74) is 10.7. The fourth-order valence-corrected chi connectivity index (χ4v) is 5.08. The van der Waals surface area contributed by atoms with Gasteiger partial charge in [-0.15, -0.1) is 0 Å². The Kier molecular flexibility index (Phi) is 6.15. The number of nitrogens with one attached hydrogen (secondary N) is 1. The number of piperazine rings is 1. The van der Waals surface area contributed by atoms with Crippen LogP contribution in [0.4, 0.5) is 15.9 Å². The van der Waals surface area contributed by atoms with E-state index in [1.165, 1.54) is 6.20 Å². The number of amides is 1. The average molecular weight is 475 g/mol. The van der Waals surface area contributed by atoms with Crippen molar-refractivity contribution >= 4 is 17.4 Å². The molecular weight excluding hydrogens is 443 g/mol. The Bertz CT molecular complexity index is 1280. The molecule has 1 aromatic heterocycles. The number of carbonyl (C=O) groups excluding carboxylic acids is 1. The van der Waals surface area contributed by atoms with E-state index in [1.54, 1.807) is 18.2 Å². The topological polar surface area (TPSA) is 87.4 Å². The van der Waals surface area contributed by atoms with E-state index < -0.39 is 0 Å². The molecule has 0 unspecified atom stereocenters. The molecule has 182 valence electrons. The number of nitrogens with zero attached hydrogens (tertiary/aromatic N) is 4. The van der Waals surface area contributed by atoms with Gasteiger partial charge in [0.1, 0.15) is 17.3 Å². The van der Waals surface area contributed by atoms with Crippen LogP contribution in [0, 0.1) is 11.7 Å². The van der Waals surface area contributed by atoms with Gasteiger partial charge in [0.15, 0.2) is 0 Å². The molecule has 2 aromatic carbocycles. The number of aromatic nitrogens is 2. The second-order valence-electron chi connectivity index (χ2n) is 9.77. The number of anilines is 2. The van der Waals surface area contributed by atoms with Gasteiger partial charge in [-0.1, -0.05) is 19.9 Å². The molecule has 7 nitrogen and oxygen atoms in total. The summed E-state index contributed by atoms with van der Waals surface area (Å²) in [4.78, 5) is 25.7. The minimum Gasteiger partial charge on any atom is -0.382 e. The third kappa shape index (κ3) is 4.46. The van der Waals surface area contributed by atoms with Gasteiger partial charge in [0.05, 0.1) is 11.9 Å². The summed E-state index contributed by atoms with van der Waals surface area (Å²) in [7, 11) is 2.15. The first-order valence-electron chi connectivity index (χ1n) is 12.1. The number of carbonyl (C=O) groups is 1. The Hall–Kier alpha value is -3.52. The van der Waals surface area contributed by atoms with Crippen LogP contribution in [0.15, 0.2) is 42.6 Å². The molecule has 1 atom stereocenters. The number of halogens is 1. The van der Waals surface area contributed by atoms with E-state index in [2.05, 4.69) is 46.0 Å². The van der Waals surface area contributed by atoms with Gasteiger partial charge in [-0.25, -0.2) is 14.4 Å². The molecule has 0 saturated carbocycles. The predicted molar refractivity (Wildman–Crippen MR) is 137 cm³/mol. The lowest BCUT2D eigenvalue weighted by Crippen LogP contribution is -2.53. The van der Waals surface area contributed by atoms with E-state index in [0.717, 1.165) is 42.9 Å². The summed E-state index contributed by atoms with van der Waals surface area (Å²) >= 11 is 0. The van der Waals surface area contributed by atoms with E-state index >= 15 is 4.39 Å². The summed E-state index contributed by atoms with van der Waals surface area (Å²) in [6.07, 6.45) is 2.25. The Morgan fingerprint density at radius 3 is 2.71 bits per heavy atom. The highest BCUT2D eigenvalue weighted by Gasteiger charge is 2.27. The van der Waals surface area contributed by atoms with Gasteiger partial charge >= 0.3 is 0 Å². The molecule has 0 radical (unpaired) electrons. The number of nitrogens with two attached hydrogens (primary N) is 1. The van der Waals surface area contributed by atoms with Crippen LogP contribution >= 0.6 is 0 Å². The van der Waals surface area contributed by atoms with E-state index in [0.29, 0.717) is 41.0 Å². The van der Waals surface area contributed by atoms with Crippen LogP contribution < -0.4 is 16.0 Å². The molecule has 2 aliphatic heterocycles. The first kappa shape index (κ1) is 23.2. The lowest BCUT2D eigenvalue weighted by Gasteiger charge is -2.42. The second-order valence-corrected chi connectivity index (χ2v) is 9.77. The highest BCUT2D eigenvalue weighted by atomic mass is 19.1. The Balaban J connectivity index is 1.44. The summed E-state index contributed by atoms with van der Waals surface area (Å²) in [5, 5.41) is 2.84. The maximum Gasteiger partial charge on any atom is 0.251 e. The lowest BCUT2D eigenvalue weighted by molar-refractivity contribution is 0.0946. The first-order chi connectivity index (χ1) is 16.8. The molecule has 8 heteroatoms. The monoisotopic (exact) mass is 474 g/mol. The van der Waals surface area contributed by atoms with Crippen molar-refractivity contribution in [1.82, 2.24) is 20.2 Å². The molecule has 1 amide bonds. The molecule has 3 N–H and O–H groups in total. The normalized spacial score (nSPS) is 18.5.